The molecule has 1 saturated heterocycles. The quantitative estimate of drug-likeness (QED) is 0.607. The second-order valence-electron chi connectivity index (χ2n) is 6.82. The summed E-state index contributed by atoms with van der Waals surface area (Å²) < 4.78 is 5.00. The van der Waals surface area contributed by atoms with Gasteiger partial charge in [0, 0.05) is 50.1 Å². The summed E-state index contributed by atoms with van der Waals surface area (Å²) in [6, 6.07) is 11.4. The fourth-order valence-electron chi connectivity index (χ4n) is 3.32. The van der Waals surface area contributed by atoms with Crippen molar-refractivity contribution < 1.29 is 9.21 Å². The Morgan fingerprint density at radius 1 is 1.13 bits per heavy atom. The molecule has 1 fully saturated rings. The third-order valence-electron chi connectivity index (χ3n) is 4.96. The maximum Gasteiger partial charge on any atom is 0.246 e. The molecule has 8 nitrogen and oxygen atoms in total. The van der Waals surface area contributed by atoms with Gasteiger partial charge in [-0.25, -0.2) is 9.97 Å². The molecule has 3 aromatic heterocycles. The molecule has 4 rings (SSSR count). The minimum absolute atomic E-state index is 0.0288. The van der Waals surface area contributed by atoms with Gasteiger partial charge in [-0.2, -0.15) is 5.26 Å². The highest BCUT2D eigenvalue weighted by Gasteiger charge is 2.23. The first-order valence-electron chi connectivity index (χ1n) is 9.61. The number of carbonyl (C=O) groups excluding carboxylic acids is 1. The van der Waals surface area contributed by atoms with Crippen molar-refractivity contribution in [2.45, 2.75) is 5.92 Å². The Morgan fingerprint density at radius 2 is 2.00 bits per heavy atom. The number of carbonyl (C=O) groups is 1. The second-order valence-corrected chi connectivity index (χ2v) is 6.82. The van der Waals surface area contributed by atoms with E-state index in [4.69, 9.17) is 4.42 Å². The minimum Gasteiger partial charge on any atom is -0.472 e. The van der Waals surface area contributed by atoms with Gasteiger partial charge in [0.1, 0.15) is 18.1 Å². The second kappa shape index (κ2) is 9.01. The third kappa shape index (κ3) is 4.36. The van der Waals surface area contributed by atoms with Crippen LogP contribution in [0.1, 0.15) is 22.9 Å². The van der Waals surface area contributed by atoms with Gasteiger partial charge in [0.15, 0.2) is 0 Å². The average Bonchev–Trinajstić information content (AvgIpc) is 3.33. The summed E-state index contributed by atoms with van der Waals surface area (Å²) in [5.74, 6) is 0.167. The van der Waals surface area contributed by atoms with Crippen LogP contribution >= 0.6 is 0 Å². The zero-order valence-electron chi connectivity index (χ0n) is 16.3. The monoisotopic (exact) mass is 400 g/mol. The van der Waals surface area contributed by atoms with Gasteiger partial charge >= 0.3 is 0 Å². The van der Waals surface area contributed by atoms with Gasteiger partial charge in [-0.1, -0.05) is 6.07 Å². The fourth-order valence-corrected chi connectivity index (χ4v) is 3.32. The van der Waals surface area contributed by atoms with Gasteiger partial charge in [-0.05, 0) is 24.3 Å². The molecule has 1 unspecified atom stereocenters. The molecular weight excluding hydrogens is 380 g/mol. The van der Waals surface area contributed by atoms with Gasteiger partial charge in [0.2, 0.25) is 5.91 Å². The number of hydrogen-bond donors (Lipinski definition) is 0. The molecule has 0 saturated carbocycles. The topological polar surface area (TPSA) is 99.2 Å². The van der Waals surface area contributed by atoms with E-state index in [1.165, 1.54) is 6.33 Å². The van der Waals surface area contributed by atoms with Gasteiger partial charge in [-0.15, -0.1) is 0 Å². The normalized spacial score (nSPS) is 15.2. The molecule has 4 heterocycles. The molecule has 0 bridgehead atoms. The zero-order chi connectivity index (χ0) is 20.8. The molecule has 0 aromatic carbocycles. The van der Waals surface area contributed by atoms with Crippen molar-refractivity contribution in [3.05, 3.63) is 78.4 Å². The van der Waals surface area contributed by atoms with Crippen LogP contribution in [0.15, 0.2) is 65.9 Å². The lowest BCUT2D eigenvalue weighted by molar-refractivity contribution is -0.126. The average molecular weight is 400 g/mol. The Hall–Kier alpha value is -3.99. The standard InChI is InChI=1S/C22H20N6O2/c23-14-18(19-3-1-2-7-24-19)20-13-21(26-16-25-20)27-8-10-28(11-9-27)22(29)5-4-17-6-12-30-15-17/h1-7,12-13,15-16,18H,8-11H2/b5-4+. The number of amides is 1. The van der Waals surface area contributed by atoms with Gasteiger partial charge in [-0.3, -0.25) is 9.78 Å². The number of aromatic nitrogens is 3. The van der Waals surface area contributed by atoms with Crippen molar-refractivity contribution in [3.8, 4) is 6.07 Å². The Bertz CT molecular complexity index is 1050. The van der Waals surface area contributed by atoms with Crippen LogP contribution in [0.25, 0.3) is 6.08 Å². The van der Waals surface area contributed by atoms with Crippen LogP contribution in [0.4, 0.5) is 5.82 Å². The van der Waals surface area contributed by atoms with E-state index in [2.05, 4.69) is 25.9 Å². The van der Waals surface area contributed by atoms with Crippen molar-refractivity contribution in [2.75, 3.05) is 31.1 Å². The molecule has 1 amide bonds. The predicted octanol–water partition coefficient (Wildman–Crippen LogP) is 2.48. The van der Waals surface area contributed by atoms with Gasteiger partial charge < -0.3 is 14.2 Å². The molecule has 0 spiro atoms. The van der Waals surface area contributed by atoms with Gasteiger partial charge in [0.05, 0.1) is 30.0 Å². The number of piperazine rings is 1. The summed E-state index contributed by atoms with van der Waals surface area (Å²) in [7, 11) is 0. The molecule has 0 aliphatic carbocycles. The molecule has 0 radical (unpaired) electrons. The van der Waals surface area contributed by atoms with Crippen LogP contribution in [0.2, 0.25) is 0 Å². The molecule has 150 valence electrons. The lowest BCUT2D eigenvalue weighted by Gasteiger charge is -2.35. The lowest BCUT2D eigenvalue weighted by atomic mass is 10.0. The van der Waals surface area contributed by atoms with E-state index in [-0.39, 0.29) is 5.91 Å². The van der Waals surface area contributed by atoms with Crippen molar-refractivity contribution in [3.63, 3.8) is 0 Å². The first-order chi connectivity index (χ1) is 14.7. The molecule has 3 aromatic rings. The fraction of sp³-hybridized carbons (Fsp3) is 0.227. The first kappa shape index (κ1) is 19.3. The Labute approximate surface area is 174 Å². The molecular formula is C22H20N6O2. The summed E-state index contributed by atoms with van der Waals surface area (Å²) in [6.45, 7) is 2.50. The van der Waals surface area contributed by atoms with E-state index in [9.17, 15) is 10.1 Å². The summed E-state index contributed by atoms with van der Waals surface area (Å²) in [6.07, 6.45) is 9.61. The highest BCUT2D eigenvalue weighted by Crippen LogP contribution is 2.23. The number of nitriles is 1. The molecule has 30 heavy (non-hydrogen) atoms. The highest BCUT2D eigenvalue weighted by molar-refractivity contribution is 5.91. The van der Waals surface area contributed by atoms with Crippen molar-refractivity contribution >= 4 is 17.8 Å². The lowest BCUT2D eigenvalue weighted by Crippen LogP contribution is -2.48. The Balaban J connectivity index is 1.41. The van der Waals surface area contributed by atoms with Crippen LogP contribution in [0, 0.1) is 11.3 Å². The van der Waals surface area contributed by atoms with Crippen molar-refractivity contribution in [1.29, 1.82) is 5.26 Å². The van der Waals surface area contributed by atoms with E-state index in [1.54, 1.807) is 41.8 Å². The SMILES string of the molecule is N#CC(c1ccccn1)c1cc(N2CCN(C(=O)/C=C/c3ccoc3)CC2)ncn1. The molecule has 8 heteroatoms. The number of hydrogen-bond acceptors (Lipinski definition) is 7. The molecule has 1 aliphatic heterocycles. The van der Waals surface area contributed by atoms with E-state index in [1.807, 2.05) is 24.3 Å². The maximum absolute atomic E-state index is 12.4. The number of furan rings is 1. The Morgan fingerprint density at radius 3 is 2.70 bits per heavy atom. The number of nitrogens with zero attached hydrogens (tertiary/aromatic N) is 6. The van der Waals surface area contributed by atoms with Crippen molar-refractivity contribution in [1.82, 2.24) is 19.9 Å². The summed E-state index contributed by atoms with van der Waals surface area (Å²) in [5.41, 5.74) is 2.13. The molecule has 1 atom stereocenters. The molecule has 0 N–H and O–H groups in total. The van der Waals surface area contributed by atoms with E-state index in [0.29, 0.717) is 37.6 Å². The first-order valence-corrected chi connectivity index (χ1v) is 9.61. The minimum atomic E-state index is -0.552. The van der Waals surface area contributed by atoms with Crippen LogP contribution in [-0.2, 0) is 4.79 Å². The van der Waals surface area contributed by atoms with Crippen LogP contribution in [0.3, 0.4) is 0 Å². The van der Waals surface area contributed by atoms with Crippen LogP contribution in [0.5, 0.6) is 0 Å². The number of anilines is 1. The van der Waals surface area contributed by atoms with Gasteiger partial charge in [0.25, 0.3) is 0 Å². The van der Waals surface area contributed by atoms with E-state index >= 15 is 0 Å². The summed E-state index contributed by atoms with van der Waals surface area (Å²) >= 11 is 0. The predicted molar refractivity (Wildman–Crippen MR) is 110 cm³/mol. The summed E-state index contributed by atoms with van der Waals surface area (Å²) in [5, 5.41) is 9.63. The van der Waals surface area contributed by atoms with Crippen molar-refractivity contribution in [2.24, 2.45) is 0 Å². The smallest absolute Gasteiger partial charge is 0.246 e. The largest absolute Gasteiger partial charge is 0.472 e. The zero-order valence-corrected chi connectivity index (χ0v) is 16.3. The summed E-state index contributed by atoms with van der Waals surface area (Å²) in [4.78, 5) is 29.2. The third-order valence-corrected chi connectivity index (χ3v) is 4.96. The number of rotatable bonds is 5. The molecule has 1 aliphatic rings. The van der Waals surface area contributed by atoms with Crippen LogP contribution in [-0.4, -0.2) is 51.9 Å². The maximum atomic E-state index is 12.4. The van der Waals surface area contributed by atoms with Crippen LogP contribution < -0.4 is 4.90 Å². The van der Waals surface area contributed by atoms with E-state index in [0.717, 1.165) is 11.4 Å². The highest BCUT2D eigenvalue weighted by atomic mass is 16.3. The van der Waals surface area contributed by atoms with E-state index < -0.39 is 5.92 Å². The Kier molecular flexibility index (Phi) is 5.80. The number of pyridine rings is 1.